The van der Waals surface area contributed by atoms with Gasteiger partial charge in [0.2, 0.25) is 0 Å². The summed E-state index contributed by atoms with van der Waals surface area (Å²) < 4.78 is 1.16. The van der Waals surface area contributed by atoms with Crippen LogP contribution in [0.25, 0.3) is 0 Å². The minimum atomic E-state index is 0. The van der Waals surface area contributed by atoms with Crippen molar-refractivity contribution in [3.05, 3.63) is 28.7 Å². The van der Waals surface area contributed by atoms with Crippen LogP contribution in [0, 0.1) is 0 Å². The lowest BCUT2D eigenvalue weighted by Gasteiger charge is -2.37. The third-order valence-electron chi connectivity index (χ3n) is 5.51. The average molecular weight is 565 g/mol. The fraction of sp³-hybridized carbons (Fsp3) is 0.650. The number of nitrogens with zero attached hydrogens (tertiary/aromatic N) is 4. The predicted octanol–water partition coefficient (Wildman–Crippen LogP) is 2.45. The minimum Gasteiger partial charge on any atom is -0.368 e. The molecule has 1 aromatic rings. The van der Waals surface area contributed by atoms with Crippen molar-refractivity contribution in [2.75, 3.05) is 64.8 Å². The Morgan fingerprint density at radius 3 is 2.71 bits per heavy atom. The normalized spacial score (nSPS) is 24.1. The Bertz CT molecular complexity index is 643. The Morgan fingerprint density at radius 1 is 1.18 bits per heavy atom. The highest BCUT2D eigenvalue weighted by Crippen LogP contribution is 2.28. The van der Waals surface area contributed by atoms with Crippen molar-refractivity contribution in [3.8, 4) is 0 Å². The lowest BCUT2D eigenvalue weighted by Crippen LogP contribution is -2.52. The number of anilines is 1. The maximum absolute atomic E-state index is 4.90. The first kappa shape index (κ1) is 23.7. The van der Waals surface area contributed by atoms with E-state index in [1.807, 2.05) is 0 Å². The van der Waals surface area contributed by atoms with E-state index in [2.05, 4.69) is 86.5 Å². The average Bonchev–Trinajstić information content (AvgIpc) is 3.11. The molecule has 0 spiro atoms. The third kappa shape index (κ3) is 6.47. The second-order valence-corrected chi connectivity index (χ2v) is 8.50. The molecule has 6 nitrogen and oxygen atoms in total. The van der Waals surface area contributed by atoms with Gasteiger partial charge in [-0.15, -0.1) is 24.0 Å². The van der Waals surface area contributed by atoms with E-state index in [4.69, 9.17) is 4.99 Å². The molecule has 28 heavy (non-hydrogen) atoms. The summed E-state index contributed by atoms with van der Waals surface area (Å²) >= 11 is 3.67. The van der Waals surface area contributed by atoms with E-state index in [1.54, 1.807) is 0 Å². The molecule has 2 fully saturated rings. The molecule has 8 heteroatoms. The smallest absolute Gasteiger partial charge is 0.191 e. The van der Waals surface area contributed by atoms with Crippen molar-refractivity contribution < 1.29 is 0 Å². The molecule has 158 valence electrons. The lowest BCUT2D eigenvalue weighted by molar-refractivity contribution is 0.119. The Kier molecular flexibility index (Phi) is 9.79. The maximum atomic E-state index is 4.90. The number of halogens is 2. The highest BCUT2D eigenvalue weighted by Gasteiger charge is 2.25. The quantitative estimate of drug-likeness (QED) is 0.327. The molecular weight excluding hydrogens is 531 g/mol. The van der Waals surface area contributed by atoms with Crippen LogP contribution < -0.4 is 15.5 Å². The van der Waals surface area contributed by atoms with Crippen LogP contribution in [0.4, 0.5) is 5.69 Å². The molecule has 0 saturated carbocycles. The number of benzene rings is 1. The van der Waals surface area contributed by atoms with Crippen LogP contribution in [0.3, 0.4) is 0 Å². The number of nitrogens with one attached hydrogen (secondary N) is 2. The van der Waals surface area contributed by atoms with E-state index >= 15 is 0 Å². The van der Waals surface area contributed by atoms with Crippen molar-refractivity contribution in [1.82, 2.24) is 20.4 Å². The molecule has 0 radical (unpaired) electrons. The van der Waals surface area contributed by atoms with E-state index in [9.17, 15) is 0 Å². The van der Waals surface area contributed by atoms with E-state index in [0.29, 0.717) is 12.1 Å². The molecule has 0 aromatic heterocycles. The first-order valence-electron chi connectivity index (χ1n) is 10.00. The van der Waals surface area contributed by atoms with E-state index in [-0.39, 0.29) is 24.0 Å². The van der Waals surface area contributed by atoms with Crippen molar-refractivity contribution in [3.63, 3.8) is 0 Å². The van der Waals surface area contributed by atoms with Gasteiger partial charge in [0.1, 0.15) is 0 Å². The first-order chi connectivity index (χ1) is 13.1. The highest BCUT2D eigenvalue weighted by atomic mass is 127. The molecular formula is C20H34BrIN6. The van der Waals surface area contributed by atoms with Gasteiger partial charge in [-0.3, -0.25) is 9.89 Å². The number of para-hydroxylation sites is 1. The Morgan fingerprint density at radius 2 is 1.96 bits per heavy atom. The first-order valence-corrected chi connectivity index (χ1v) is 10.8. The van der Waals surface area contributed by atoms with Gasteiger partial charge in [0, 0.05) is 55.8 Å². The molecule has 3 rings (SSSR count). The number of aliphatic imine (C=N–C) groups is 1. The van der Waals surface area contributed by atoms with Crippen LogP contribution >= 0.6 is 39.9 Å². The summed E-state index contributed by atoms with van der Waals surface area (Å²) in [5.41, 5.74) is 1.27. The van der Waals surface area contributed by atoms with Crippen molar-refractivity contribution in [2.24, 2.45) is 4.99 Å². The zero-order valence-corrected chi connectivity index (χ0v) is 21.1. The minimum absolute atomic E-state index is 0. The molecule has 0 aliphatic carbocycles. The summed E-state index contributed by atoms with van der Waals surface area (Å²) in [7, 11) is 4.40. The molecule has 2 unspecified atom stereocenters. The van der Waals surface area contributed by atoms with Crippen LogP contribution in [0.2, 0.25) is 0 Å². The molecule has 0 amide bonds. The molecule has 0 bridgehead atoms. The van der Waals surface area contributed by atoms with Gasteiger partial charge < -0.3 is 20.4 Å². The van der Waals surface area contributed by atoms with Crippen LogP contribution in [-0.4, -0.2) is 87.8 Å². The third-order valence-corrected chi connectivity index (χ3v) is 6.18. The van der Waals surface area contributed by atoms with Crippen LogP contribution in [0.5, 0.6) is 0 Å². The zero-order valence-electron chi connectivity index (χ0n) is 17.2. The number of hydrogen-bond donors (Lipinski definition) is 2. The van der Waals surface area contributed by atoms with Crippen LogP contribution in [0.15, 0.2) is 33.7 Å². The van der Waals surface area contributed by atoms with E-state index < -0.39 is 0 Å². The predicted molar refractivity (Wildman–Crippen MR) is 133 cm³/mol. The van der Waals surface area contributed by atoms with Gasteiger partial charge in [0.15, 0.2) is 5.96 Å². The van der Waals surface area contributed by atoms with Crippen molar-refractivity contribution in [2.45, 2.75) is 25.4 Å². The largest absolute Gasteiger partial charge is 0.368 e. The summed E-state index contributed by atoms with van der Waals surface area (Å²) in [5.74, 6) is 0.943. The van der Waals surface area contributed by atoms with Gasteiger partial charge in [-0.1, -0.05) is 12.1 Å². The Hall–Kier alpha value is -0.580. The summed E-state index contributed by atoms with van der Waals surface area (Å²) in [4.78, 5) is 12.2. The molecule has 2 aliphatic heterocycles. The zero-order chi connectivity index (χ0) is 19.2. The number of guanidine groups is 1. The fourth-order valence-corrected chi connectivity index (χ4v) is 4.35. The van der Waals surface area contributed by atoms with Crippen molar-refractivity contribution in [1.29, 1.82) is 0 Å². The Labute approximate surface area is 195 Å². The molecule has 2 saturated heterocycles. The van der Waals surface area contributed by atoms with Gasteiger partial charge >= 0.3 is 0 Å². The molecule has 2 atom stereocenters. The van der Waals surface area contributed by atoms with Crippen molar-refractivity contribution >= 4 is 51.6 Å². The van der Waals surface area contributed by atoms with Gasteiger partial charge in [0.25, 0.3) is 0 Å². The summed E-state index contributed by atoms with van der Waals surface area (Å²) in [6.07, 6.45) is 1.12. The number of rotatable bonds is 5. The molecule has 2 N–H and O–H groups in total. The second kappa shape index (κ2) is 11.6. The van der Waals surface area contributed by atoms with Gasteiger partial charge in [-0.05, 0) is 55.5 Å². The lowest BCUT2D eigenvalue weighted by atomic mass is 10.2. The van der Waals surface area contributed by atoms with E-state index in [0.717, 1.165) is 62.7 Å². The topological polar surface area (TPSA) is 46.1 Å². The molecule has 1 aromatic carbocycles. The maximum Gasteiger partial charge on any atom is 0.191 e. The SMILES string of the molecule is CCNC(=NCC1CN(C)CCN1C)NC1CCN(c2ccccc2Br)C1.I. The number of hydrogen-bond acceptors (Lipinski definition) is 4. The summed E-state index contributed by atoms with van der Waals surface area (Å²) in [5, 5.41) is 7.07. The van der Waals surface area contributed by atoms with E-state index in [1.165, 1.54) is 5.69 Å². The number of likely N-dealkylation sites (N-methyl/N-ethyl adjacent to an activating group) is 2. The fourth-order valence-electron chi connectivity index (χ4n) is 3.81. The van der Waals surface area contributed by atoms with Gasteiger partial charge in [-0.2, -0.15) is 0 Å². The Balaban J connectivity index is 0.00000280. The molecule has 2 aliphatic rings. The van der Waals surface area contributed by atoms with Gasteiger partial charge in [0.05, 0.1) is 12.2 Å². The van der Waals surface area contributed by atoms with Crippen LogP contribution in [-0.2, 0) is 0 Å². The second-order valence-electron chi connectivity index (χ2n) is 7.64. The molecule has 2 heterocycles. The highest BCUT2D eigenvalue weighted by molar-refractivity contribution is 14.0. The summed E-state index contributed by atoms with van der Waals surface area (Å²) in [6.45, 7) is 9.24. The summed E-state index contributed by atoms with van der Waals surface area (Å²) in [6, 6.07) is 9.36. The standard InChI is InChI=1S/C20H33BrN6.HI/c1-4-22-20(23-13-17-15-25(2)11-12-26(17)3)24-16-9-10-27(14-16)19-8-6-5-7-18(19)21;/h5-8,16-17H,4,9-15H2,1-3H3,(H2,22,23,24);1H. The van der Waals surface area contributed by atoms with Crippen LogP contribution in [0.1, 0.15) is 13.3 Å². The van der Waals surface area contributed by atoms with Gasteiger partial charge in [-0.25, -0.2) is 0 Å². The monoisotopic (exact) mass is 564 g/mol. The number of piperazine rings is 1.